The van der Waals surface area contributed by atoms with E-state index in [1.165, 1.54) is 0 Å². The molecule has 0 aromatic heterocycles. The summed E-state index contributed by atoms with van der Waals surface area (Å²) in [6.07, 6.45) is -5.46. The third-order valence-corrected chi connectivity index (χ3v) is 5.12. The van der Waals surface area contributed by atoms with Crippen molar-refractivity contribution in [2.45, 2.75) is 42.1 Å². The Kier molecular flexibility index (Phi) is 7.87. The second-order valence-electron chi connectivity index (χ2n) is 5.75. The largest absolute Gasteiger partial charge is 0.394 e. The molecule has 0 amide bonds. The summed E-state index contributed by atoms with van der Waals surface area (Å²) in [6.45, 7) is 1.33. The van der Waals surface area contributed by atoms with Crippen LogP contribution in [-0.4, -0.2) is 75.0 Å². The molecule has 0 saturated carbocycles. The van der Waals surface area contributed by atoms with E-state index in [1.807, 2.05) is 0 Å². The summed E-state index contributed by atoms with van der Waals surface area (Å²) in [7, 11) is -1.73. The highest BCUT2D eigenvalue weighted by molar-refractivity contribution is 7.83. The van der Waals surface area contributed by atoms with E-state index in [4.69, 9.17) is 15.6 Å². The van der Waals surface area contributed by atoms with Gasteiger partial charge in [0.25, 0.3) is 0 Å². The first kappa shape index (κ1) is 20.4. The maximum Gasteiger partial charge on any atom is 0.174 e. The van der Waals surface area contributed by atoms with Crippen LogP contribution in [0, 0.1) is 0 Å². The van der Waals surface area contributed by atoms with Crippen molar-refractivity contribution in [1.82, 2.24) is 10.0 Å². The average molecular weight is 375 g/mol. The number of aliphatic hydroxyl groups excluding tert-OH is 4. The minimum Gasteiger partial charge on any atom is -0.394 e. The van der Waals surface area contributed by atoms with E-state index >= 15 is 0 Å². The van der Waals surface area contributed by atoms with E-state index in [0.717, 1.165) is 5.56 Å². The molecule has 6 unspecified atom stereocenters. The molecule has 142 valence electrons. The fourth-order valence-electron chi connectivity index (χ4n) is 2.48. The molecule has 8 N–H and O–H groups in total. The minimum absolute atomic E-state index is 0.445. The zero-order valence-corrected chi connectivity index (χ0v) is 14.4. The van der Waals surface area contributed by atoms with Crippen molar-refractivity contribution in [3.63, 3.8) is 0 Å². The zero-order chi connectivity index (χ0) is 18.4. The van der Waals surface area contributed by atoms with Gasteiger partial charge in [-0.25, -0.2) is 8.93 Å². The van der Waals surface area contributed by atoms with E-state index in [1.54, 1.807) is 24.3 Å². The highest BCUT2D eigenvalue weighted by Gasteiger charge is 2.44. The summed E-state index contributed by atoms with van der Waals surface area (Å²) in [4.78, 5) is 0.445. The molecule has 9 nitrogen and oxygen atoms in total. The number of benzene rings is 1. The number of hydrogen-bond donors (Lipinski definition) is 7. The molecule has 1 aromatic carbocycles. The Labute approximate surface area is 148 Å². The van der Waals surface area contributed by atoms with Crippen molar-refractivity contribution in [3.05, 3.63) is 29.8 Å². The molecular weight excluding hydrogens is 350 g/mol. The molecule has 0 radical (unpaired) electrons. The molecule has 10 heteroatoms. The lowest BCUT2D eigenvalue weighted by Crippen LogP contribution is -2.63. The Hall–Kier alpha value is -0.950. The normalized spacial score (nSPS) is 31.0. The monoisotopic (exact) mass is 375 g/mol. The molecular formula is C15H25N3O6S. The van der Waals surface area contributed by atoms with Crippen LogP contribution in [0.25, 0.3) is 0 Å². The molecule has 6 atom stereocenters. The van der Waals surface area contributed by atoms with E-state index in [0.29, 0.717) is 24.5 Å². The van der Waals surface area contributed by atoms with Crippen LogP contribution in [0.2, 0.25) is 0 Å². The van der Waals surface area contributed by atoms with Crippen LogP contribution in [0.15, 0.2) is 29.2 Å². The van der Waals surface area contributed by atoms with Gasteiger partial charge in [-0.1, -0.05) is 12.1 Å². The molecule has 1 heterocycles. The summed E-state index contributed by atoms with van der Waals surface area (Å²) in [5, 5.41) is 42.0. The highest BCUT2D eigenvalue weighted by atomic mass is 32.2. The Morgan fingerprint density at radius 3 is 2.44 bits per heavy atom. The number of hydrogen-bond acceptors (Lipinski definition) is 8. The van der Waals surface area contributed by atoms with E-state index in [2.05, 4.69) is 10.0 Å². The number of nitrogens with one attached hydrogen (secondary N) is 2. The quantitative estimate of drug-likeness (QED) is 0.239. The van der Waals surface area contributed by atoms with E-state index in [-0.39, 0.29) is 0 Å². The lowest BCUT2D eigenvalue weighted by atomic mass is 9.98. The van der Waals surface area contributed by atoms with Gasteiger partial charge in [-0.2, -0.15) is 0 Å². The smallest absolute Gasteiger partial charge is 0.174 e. The second kappa shape index (κ2) is 9.67. The number of nitrogens with two attached hydrogens (primary N) is 1. The SMILES string of the molecule is NCCNCc1ccc(S(=O)NC2C(O)OC(CO)C(O)C2O)cc1. The molecule has 0 bridgehead atoms. The first-order valence-electron chi connectivity index (χ1n) is 7.96. The van der Waals surface area contributed by atoms with Crippen LogP contribution in [0.3, 0.4) is 0 Å². The topological polar surface area (TPSA) is 157 Å². The summed E-state index contributed by atoms with van der Waals surface area (Å²) in [6, 6.07) is 5.78. The number of rotatable bonds is 8. The Balaban J connectivity index is 1.96. The lowest BCUT2D eigenvalue weighted by molar-refractivity contribution is -0.251. The van der Waals surface area contributed by atoms with Crippen molar-refractivity contribution in [2.75, 3.05) is 19.7 Å². The molecule has 1 aromatic rings. The van der Waals surface area contributed by atoms with Gasteiger partial charge < -0.3 is 36.2 Å². The number of ether oxygens (including phenoxy) is 1. The maximum absolute atomic E-state index is 12.4. The van der Waals surface area contributed by atoms with Crippen molar-refractivity contribution in [2.24, 2.45) is 5.73 Å². The summed E-state index contributed by atoms with van der Waals surface area (Å²) in [5.74, 6) is 0. The van der Waals surface area contributed by atoms with Crippen LogP contribution in [0.4, 0.5) is 0 Å². The third kappa shape index (κ3) is 5.26. The molecule has 0 aliphatic carbocycles. The van der Waals surface area contributed by atoms with Crippen molar-refractivity contribution < 1.29 is 29.4 Å². The second-order valence-corrected chi connectivity index (χ2v) is 7.00. The van der Waals surface area contributed by atoms with Crippen molar-refractivity contribution in [1.29, 1.82) is 0 Å². The van der Waals surface area contributed by atoms with Gasteiger partial charge in [-0.3, -0.25) is 0 Å². The Morgan fingerprint density at radius 1 is 1.16 bits per heavy atom. The van der Waals surface area contributed by atoms with Gasteiger partial charge >= 0.3 is 0 Å². The van der Waals surface area contributed by atoms with Crippen LogP contribution in [0.5, 0.6) is 0 Å². The fraction of sp³-hybridized carbons (Fsp3) is 0.600. The summed E-state index contributed by atoms with van der Waals surface area (Å²) < 4.78 is 20.0. The van der Waals surface area contributed by atoms with Crippen LogP contribution in [0.1, 0.15) is 5.56 Å². The molecule has 1 aliphatic heterocycles. The summed E-state index contributed by atoms with van der Waals surface area (Å²) in [5.41, 5.74) is 6.40. The maximum atomic E-state index is 12.4. The molecule has 25 heavy (non-hydrogen) atoms. The molecule has 2 rings (SSSR count). The third-order valence-electron chi connectivity index (χ3n) is 3.93. The molecule has 0 spiro atoms. The fourth-order valence-corrected chi connectivity index (χ4v) is 3.50. The van der Waals surface area contributed by atoms with Gasteiger partial charge in [-0.05, 0) is 17.7 Å². The van der Waals surface area contributed by atoms with Gasteiger partial charge in [0.1, 0.15) is 29.3 Å². The van der Waals surface area contributed by atoms with Crippen LogP contribution >= 0.6 is 0 Å². The average Bonchev–Trinajstić information content (AvgIpc) is 2.62. The van der Waals surface area contributed by atoms with Gasteiger partial charge in [-0.15, -0.1) is 0 Å². The van der Waals surface area contributed by atoms with Crippen molar-refractivity contribution >= 4 is 11.0 Å². The van der Waals surface area contributed by atoms with Gasteiger partial charge in [0, 0.05) is 19.6 Å². The van der Waals surface area contributed by atoms with E-state index < -0.39 is 48.2 Å². The highest BCUT2D eigenvalue weighted by Crippen LogP contribution is 2.21. The van der Waals surface area contributed by atoms with E-state index in [9.17, 15) is 19.5 Å². The molecule has 1 fully saturated rings. The predicted octanol–water partition coefficient (Wildman–Crippen LogP) is -2.85. The first-order chi connectivity index (χ1) is 12.0. The van der Waals surface area contributed by atoms with Gasteiger partial charge in [0.2, 0.25) is 0 Å². The van der Waals surface area contributed by atoms with Gasteiger partial charge in [0.15, 0.2) is 6.29 Å². The first-order valence-corrected chi connectivity index (χ1v) is 9.11. The van der Waals surface area contributed by atoms with Crippen molar-refractivity contribution in [3.8, 4) is 0 Å². The summed E-state index contributed by atoms with van der Waals surface area (Å²) >= 11 is 0. The van der Waals surface area contributed by atoms with Gasteiger partial charge in [0.05, 0.1) is 17.5 Å². The Morgan fingerprint density at radius 2 is 1.84 bits per heavy atom. The lowest BCUT2D eigenvalue weighted by Gasteiger charge is -2.40. The predicted molar refractivity (Wildman–Crippen MR) is 90.5 cm³/mol. The number of aliphatic hydroxyl groups is 4. The standard InChI is InChI=1S/C15H25N3O6S/c16-5-6-17-7-9-1-3-10(4-2-9)25(23)18-12-14(21)13(20)11(8-19)24-15(12)22/h1-4,11-15,17-22H,5-8,16H2. The Bertz CT molecular complexity index is 561. The molecule has 1 aliphatic rings. The molecule has 1 saturated heterocycles. The zero-order valence-electron chi connectivity index (χ0n) is 13.6. The minimum atomic E-state index is -1.73. The van der Waals surface area contributed by atoms with Crippen LogP contribution < -0.4 is 15.8 Å². The van der Waals surface area contributed by atoms with Crippen LogP contribution in [-0.2, 0) is 22.3 Å².